The molecule has 86 valence electrons. The standard InChI is InChI=1S/C10H26N4/c1-6-14(8-7-13(4)5)9(11)10(2,3)12/h9H,6-8,11-12H2,1-5H3. The van der Waals surface area contributed by atoms with E-state index >= 15 is 0 Å². The molecule has 0 aliphatic rings. The Bertz CT molecular complexity index is 151. The number of likely N-dealkylation sites (N-methyl/N-ethyl adjacent to an activating group) is 2. The van der Waals surface area contributed by atoms with Gasteiger partial charge in [0.05, 0.1) is 6.17 Å². The summed E-state index contributed by atoms with van der Waals surface area (Å²) >= 11 is 0. The Hall–Kier alpha value is -0.160. The summed E-state index contributed by atoms with van der Waals surface area (Å²) in [6, 6.07) is 0. The summed E-state index contributed by atoms with van der Waals surface area (Å²) in [7, 11) is 4.12. The van der Waals surface area contributed by atoms with E-state index in [2.05, 4.69) is 30.8 Å². The van der Waals surface area contributed by atoms with E-state index in [1.807, 2.05) is 13.8 Å². The maximum absolute atomic E-state index is 6.07. The fourth-order valence-corrected chi connectivity index (χ4v) is 1.29. The van der Waals surface area contributed by atoms with Crippen LogP contribution in [0.2, 0.25) is 0 Å². The second kappa shape index (κ2) is 5.66. The SMILES string of the molecule is CCN(CCN(C)C)C(N)C(C)(C)N. The van der Waals surface area contributed by atoms with Gasteiger partial charge in [0.1, 0.15) is 0 Å². The Labute approximate surface area is 88.2 Å². The van der Waals surface area contributed by atoms with Crippen molar-refractivity contribution in [1.82, 2.24) is 9.80 Å². The number of rotatable bonds is 6. The average molecular weight is 202 g/mol. The van der Waals surface area contributed by atoms with Crippen molar-refractivity contribution in [2.24, 2.45) is 11.5 Å². The van der Waals surface area contributed by atoms with E-state index in [4.69, 9.17) is 11.5 Å². The van der Waals surface area contributed by atoms with Gasteiger partial charge in [-0.2, -0.15) is 0 Å². The van der Waals surface area contributed by atoms with Gasteiger partial charge < -0.3 is 16.4 Å². The lowest BCUT2D eigenvalue weighted by Gasteiger charge is -2.37. The monoisotopic (exact) mass is 202 g/mol. The van der Waals surface area contributed by atoms with Crippen LogP contribution in [-0.4, -0.2) is 55.2 Å². The summed E-state index contributed by atoms with van der Waals surface area (Å²) in [6.07, 6.45) is -0.0764. The zero-order valence-electron chi connectivity index (χ0n) is 10.2. The van der Waals surface area contributed by atoms with Crippen molar-refractivity contribution in [3.63, 3.8) is 0 Å². The quantitative estimate of drug-likeness (QED) is 0.590. The maximum atomic E-state index is 6.07. The number of nitrogens with two attached hydrogens (primary N) is 2. The average Bonchev–Trinajstić information content (AvgIpc) is 2.03. The van der Waals surface area contributed by atoms with Crippen molar-refractivity contribution < 1.29 is 0 Å². The molecule has 0 aromatic heterocycles. The van der Waals surface area contributed by atoms with Gasteiger partial charge in [0.2, 0.25) is 0 Å². The molecule has 0 saturated carbocycles. The highest BCUT2D eigenvalue weighted by atomic mass is 15.3. The Morgan fingerprint density at radius 3 is 2.00 bits per heavy atom. The molecule has 4 heteroatoms. The third-order valence-electron chi connectivity index (χ3n) is 2.40. The summed E-state index contributed by atoms with van der Waals surface area (Å²) < 4.78 is 0. The first kappa shape index (κ1) is 13.8. The fourth-order valence-electron chi connectivity index (χ4n) is 1.29. The summed E-state index contributed by atoms with van der Waals surface area (Å²) in [4.78, 5) is 4.36. The van der Waals surface area contributed by atoms with Gasteiger partial charge in [0.25, 0.3) is 0 Å². The Kier molecular flexibility index (Phi) is 5.59. The normalized spacial score (nSPS) is 15.2. The minimum atomic E-state index is -0.345. The molecule has 0 bridgehead atoms. The molecule has 0 heterocycles. The number of hydrogen-bond donors (Lipinski definition) is 2. The topological polar surface area (TPSA) is 58.5 Å². The molecule has 14 heavy (non-hydrogen) atoms. The maximum Gasteiger partial charge on any atom is 0.0752 e. The number of hydrogen-bond acceptors (Lipinski definition) is 4. The molecule has 1 unspecified atom stereocenters. The minimum absolute atomic E-state index is 0.0764. The molecule has 0 rings (SSSR count). The zero-order chi connectivity index (χ0) is 11.4. The van der Waals surface area contributed by atoms with Gasteiger partial charge in [-0.15, -0.1) is 0 Å². The van der Waals surface area contributed by atoms with Gasteiger partial charge in [0, 0.05) is 18.6 Å². The second-order valence-electron chi connectivity index (χ2n) is 4.70. The van der Waals surface area contributed by atoms with Crippen LogP contribution in [0, 0.1) is 0 Å². The van der Waals surface area contributed by atoms with E-state index in [1.54, 1.807) is 0 Å². The molecule has 1 atom stereocenters. The Morgan fingerprint density at radius 1 is 1.21 bits per heavy atom. The predicted octanol–water partition coefficient (Wildman–Crippen LogP) is -0.108. The van der Waals surface area contributed by atoms with Crippen LogP contribution in [0.3, 0.4) is 0 Å². The first-order chi connectivity index (χ1) is 6.29. The van der Waals surface area contributed by atoms with E-state index in [0.717, 1.165) is 19.6 Å². The molecule has 0 aliphatic heterocycles. The summed E-state index contributed by atoms with van der Waals surface area (Å²) in [5.74, 6) is 0. The van der Waals surface area contributed by atoms with Crippen LogP contribution in [-0.2, 0) is 0 Å². The van der Waals surface area contributed by atoms with Crippen LogP contribution in [0.5, 0.6) is 0 Å². The first-order valence-corrected chi connectivity index (χ1v) is 5.22. The largest absolute Gasteiger partial charge is 0.323 e. The molecule has 0 fully saturated rings. The van der Waals surface area contributed by atoms with Crippen molar-refractivity contribution in [2.75, 3.05) is 33.7 Å². The first-order valence-electron chi connectivity index (χ1n) is 5.22. The third-order valence-corrected chi connectivity index (χ3v) is 2.40. The molecule has 0 aromatic carbocycles. The highest BCUT2D eigenvalue weighted by Crippen LogP contribution is 2.07. The van der Waals surface area contributed by atoms with E-state index in [9.17, 15) is 0 Å². The van der Waals surface area contributed by atoms with Gasteiger partial charge in [-0.05, 0) is 34.5 Å². The van der Waals surface area contributed by atoms with Gasteiger partial charge in [-0.3, -0.25) is 4.90 Å². The minimum Gasteiger partial charge on any atom is -0.323 e. The van der Waals surface area contributed by atoms with Gasteiger partial charge in [-0.25, -0.2) is 0 Å². The lowest BCUT2D eigenvalue weighted by molar-refractivity contribution is 0.136. The van der Waals surface area contributed by atoms with Crippen molar-refractivity contribution in [3.05, 3.63) is 0 Å². The molecule has 4 N–H and O–H groups in total. The van der Waals surface area contributed by atoms with Crippen LogP contribution in [0.4, 0.5) is 0 Å². The van der Waals surface area contributed by atoms with Gasteiger partial charge >= 0.3 is 0 Å². The molecular formula is C10H26N4. The molecule has 0 radical (unpaired) electrons. The summed E-state index contributed by atoms with van der Waals surface area (Å²) in [5.41, 5.74) is 11.7. The molecule has 0 amide bonds. The van der Waals surface area contributed by atoms with Crippen molar-refractivity contribution >= 4 is 0 Å². The second-order valence-corrected chi connectivity index (χ2v) is 4.70. The lowest BCUT2D eigenvalue weighted by atomic mass is 10.0. The molecular weight excluding hydrogens is 176 g/mol. The van der Waals surface area contributed by atoms with Crippen molar-refractivity contribution in [1.29, 1.82) is 0 Å². The highest BCUT2D eigenvalue weighted by Gasteiger charge is 2.26. The van der Waals surface area contributed by atoms with E-state index in [0.29, 0.717) is 0 Å². The molecule has 0 aliphatic carbocycles. The van der Waals surface area contributed by atoms with Crippen molar-refractivity contribution in [3.8, 4) is 0 Å². The van der Waals surface area contributed by atoms with Gasteiger partial charge in [0.15, 0.2) is 0 Å². The fraction of sp³-hybridized carbons (Fsp3) is 1.00. The molecule has 0 spiro atoms. The molecule has 0 saturated heterocycles. The molecule has 0 aromatic rings. The van der Waals surface area contributed by atoms with E-state index < -0.39 is 0 Å². The van der Waals surface area contributed by atoms with Crippen LogP contribution in [0.25, 0.3) is 0 Å². The van der Waals surface area contributed by atoms with E-state index in [-0.39, 0.29) is 11.7 Å². The summed E-state index contributed by atoms with van der Waals surface area (Å²) in [6.45, 7) is 8.96. The van der Waals surface area contributed by atoms with Crippen LogP contribution < -0.4 is 11.5 Å². The third kappa shape index (κ3) is 4.91. The van der Waals surface area contributed by atoms with Gasteiger partial charge in [-0.1, -0.05) is 6.92 Å². The molecule has 4 nitrogen and oxygen atoms in total. The van der Waals surface area contributed by atoms with Crippen molar-refractivity contribution in [2.45, 2.75) is 32.5 Å². The van der Waals surface area contributed by atoms with Crippen LogP contribution >= 0.6 is 0 Å². The van der Waals surface area contributed by atoms with Crippen LogP contribution in [0.1, 0.15) is 20.8 Å². The Morgan fingerprint density at radius 2 is 1.71 bits per heavy atom. The zero-order valence-corrected chi connectivity index (χ0v) is 10.2. The highest BCUT2D eigenvalue weighted by molar-refractivity contribution is 4.85. The Balaban J connectivity index is 4.13. The van der Waals surface area contributed by atoms with Crippen LogP contribution in [0.15, 0.2) is 0 Å². The predicted molar refractivity (Wildman–Crippen MR) is 62.0 cm³/mol. The lowest BCUT2D eigenvalue weighted by Crippen LogP contribution is -2.60. The smallest absolute Gasteiger partial charge is 0.0752 e. The number of nitrogens with zero attached hydrogens (tertiary/aromatic N) is 2. The summed E-state index contributed by atoms with van der Waals surface area (Å²) in [5, 5.41) is 0. The van der Waals surface area contributed by atoms with E-state index in [1.165, 1.54) is 0 Å².